The zero-order valence-corrected chi connectivity index (χ0v) is 12.4. The second-order valence-corrected chi connectivity index (χ2v) is 5.63. The lowest BCUT2D eigenvalue weighted by Crippen LogP contribution is -2.06. The van der Waals surface area contributed by atoms with Crippen LogP contribution >= 0.6 is 22.6 Å². The second kappa shape index (κ2) is 6.31. The van der Waals surface area contributed by atoms with Crippen LogP contribution in [0.15, 0.2) is 23.8 Å². The van der Waals surface area contributed by atoms with E-state index in [0.29, 0.717) is 6.54 Å². The van der Waals surface area contributed by atoms with Gasteiger partial charge in [-0.2, -0.15) is 0 Å². The van der Waals surface area contributed by atoms with Gasteiger partial charge >= 0.3 is 0 Å². The summed E-state index contributed by atoms with van der Waals surface area (Å²) in [6, 6.07) is 2.45. The smallest absolute Gasteiger partial charge is 0.293 e. The zero-order chi connectivity index (χ0) is 13.8. The standard InChI is InChI=1S/C13H14FIN2O2/c14-10-7-12(13(17(18)19)8-11(10)15)16-6-5-9-3-1-2-4-9/h3,7-8,16H,1-2,4-6H2. The average Bonchev–Trinajstić information content (AvgIpc) is 2.86. The van der Waals surface area contributed by atoms with Crippen LogP contribution in [0.25, 0.3) is 0 Å². The third-order valence-corrected chi connectivity index (χ3v) is 3.96. The number of hydrogen-bond donors (Lipinski definition) is 1. The Balaban J connectivity index is 2.05. The minimum absolute atomic E-state index is 0.0776. The molecule has 0 saturated heterocycles. The van der Waals surface area contributed by atoms with E-state index in [1.54, 1.807) is 22.6 Å². The molecule has 1 N–H and O–H groups in total. The predicted molar refractivity (Wildman–Crippen MR) is 80.8 cm³/mol. The summed E-state index contributed by atoms with van der Waals surface area (Å²) in [5.74, 6) is -0.436. The van der Waals surface area contributed by atoms with Gasteiger partial charge in [-0.15, -0.1) is 0 Å². The molecule has 102 valence electrons. The molecule has 0 aromatic heterocycles. The van der Waals surface area contributed by atoms with Crippen LogP contribution in [0.2, 0.25) is 0 Å². The van der Waals surface area contributed by atoms with Crippen LogP contribution in [0.3, 0.4) is 0 Å². The Bertz CT molecular complexity index is 532. The highest BCUT2D eigenvalue weighted by molar-refractivity contribution is 14.1. The minimum atomic E-state index is -0.487. The molecule has 0 fully saturated rings. The second-order valence-electron chi connectivity index (χ2n) is 4.47. The van der Waals surface area contributed by atoms with Gasteiger partial charge in [0.15, 0.2) is 0 Å². The van der Waals surface area contributed by atoms with Crippen molar-refractivity contribution in [2.24, 2.45) is 0 Å². The van der Waals surface area contributed by atoms with Crippen molar-refractivity contribution in [2.75, 3.05) is 11.9 Å². The van der Waals surface area contributed by atoms with Gasteiger partial charge in [0, 0.05) is 18.7 Å². The highest BCUT2D eigenvalue weighted by atomic mass is 127. The van der Waals surface area contributed by atoms with E-state index in [9.17, 15) is 14.5 Å². The van der Waals surface area contributed by atoms with Crippen LogP contribution in [-0.2, 0) is 0 Å². The highest BCUT2D eigenvalue weighted by Crippen LogP contribution is 2.29. The van der Waals surface area contributed by atoms with Gasteiger partial charge in [0.25, 0.3) is 5.69 Å². The number of hydrogen-bond acceptors (Lipinski definition) is 3. The molecular formula is C13H14FIN2O2. The number of nitrogens with one attached hydrogen (secondary N) is 1. The minimum Gasteiger partial charge on any atom is -0.379 e. The Hall–Kier alpha value is -1.18. The zero-order valence-electron chi connectivity index (χ0n) is 10.3. The van der Waals surface area contributed by atoms with Crippen LogP contribution in [0.4, 0.5) is 15.8 Å². The Morgan fingerprint density at radius 3 is 2.89 bits per heavy atom. The summed E-state index contributed by atoms with van der Waals surface area (Å²) in [7, 11) is 0. The van der Waals surface area contributed by atoms with E-state index in [2.05, 4.69) is 11.4 Å². The lowest BCUT2D eigenvalue weighted by atomic mass is 10.1. The molecule has 1 aliphatic carbocycles. The van der Waals surface area contributed by atoms with E-state index >= 15 is 0 Å². The van der Waals surface area contributed by atoms with Gasteiger partial charge in [-0.05, 0) is 48.3 Å². The van der Waals surface area contributed by atoms with Crippen LogP contribution in [0.5, 0.6) is 0 Å². The number of benzene rings is 1. The molecular weight excluding hydrogens is 362 g/mol. The van der Waals surface area contributed by atoms with Crippen molar-refractivity contribution in [3.8, 4) is 0 Å². The van der Waals surface area contributed by atoms with Crippen molar-refractivity contribution < 1.29 is 9.31 Å². The van der Waals surface area contributed by atoms with E-state index < -0.39 is 10.7 Å². The molecule has 1 aromatic carbocycles. The third kappa shape index (κ3) is 3.65. The number of allylic oxidation sites excluding steroid dienone is 1. The molecule has 0 aliphatic heterocycles. The van der Waals surface area contributed by atoms with Gasteiger partial charge in [-0.25, -0.2) is 4.39 Å². The first-order valence-electron chi connectivity index (χ1n) is 6.13. The van der Waals surface area contributed by atoms with Gasteiger partial charge in [-0.1, -0.05) is 11.6 Å². The Labute approximate surface area is 124 Å². The fourth-order valence-corrected chi connectivity index (χ4v) is 2.60. The molecule has 19 heavy (non-hydrogen) atoms. The summed E-state index contributed by atoms with van der Waals surface area (Å²) < 4.78 is 13.7. The lowest BCUT2D eigenvalue weighted by Gasteiger charge is -2.08. The maximum absolute atomic E-state index is 13.5. The maximum atomic E-state index is 13.5. The first kappa shape index (κ1) is 14.2. The molecule has 1 aromatic rings. The molecule has 1 aliphatic rings. The van der Waals surface area contributed by atoms with Crippen molar-refractivity contribution in [1.29, 1.82) is 0 Å². The first-order valence-corrected chi connectivity index (χ1v) is 7.21. The Morgan fingerprint density at radius 1 is 1.47 bits per heavy atom. The maximum Gasteiger partial charge on any atom is 0.293 e. The van der Waals surface area contributed by atoms with Crippen molar-refractivity contribution in [2.45, 2.75) is 25.7 Å². The summed E-state index contributed by atoms with van der Waals surface area (Å²) in [6.45, 7) is 0.590. The van der Waals surface area contributed by atoms with E-state index in [0.717, 1.165) is 19.3 Å². The molecule has 0 saturated carbocycles. The average molecular weight is 376 g/mol. The Kier molecular flexibility index (Phi) is 4.73. The number of anilines is 1. The van der Waals surface area contributed by atoms with Gasteiger partial charge in [-0.3, -0.25) is 10.1 Å². The van der Waals surface area contributed by atoms with Gasteiger partial charge < -0.3 is 5.32 Å². The largest absolute Gasteiger partial charge is 0.379 e. The first-order chi connectivity index (χ1) is 9.08. The van der Waals surface area contributed by atoms with E-state index in [1.165, 1.54) is 24.1 Å². The van der Waals surface area contributed by atoms with Crippen molar-refractivity contribution >= 4 is 34.0 Å². The molecule has 6 heteroatoms. The Morgan fingerprint density at radius 2 is 2.26 bits per heavy atom. The number of nitrogens with zero attached hydrogens (tertiary/aromatic N) is 1. The molecule has 0 amide bonds. The number of halogens is 2. The molecule has 0 bridgehead atoms. The molecule has 0 radical (unpaired) electrons. The summed E-state index contributed by atoms with van der Waals surface area (Å²) in [6.07, 6.45) is 6.47. The summed E-state index contributed by atoms with van der Waals surface area (Å²) in [4.78, 5) is 10.4. The van der Waals surface area contributed by atoms with E-state index in [4.69, 9.17) is 0 Å². The topological polar surface area (TPSA) is 55.2 Å². The van der Waals surface area contributed by atoms with Gasteiger partial charge in [0.05, 0.1) is 8.49 Å². The quantitative estimate of drug-likeness (QED) is 0.362. The summed E-state index contributed by atoms with van der Waals surface area (Å²) in [5.41, 5.74) is 1.55. The van der Waals surface area contributed by atoms with Crippen LogP contribution in [-0.4, -0.2) is 11.5 Å². The van der Waals surface area contributed by atoms with Crippen molar-refractivity contribution in [3.05, 3.63) is 43.3 Å². The monoisotopic (exact) mass is 376 g/mol. The fraction of sp³-hybridized carbons (Fsp3) is 0.385. The van der Waals surface area contributed by atoms with E-state index in [-0.39, 0.29) is 14.9 Å². The predicted octanol–water partition coefficient (Wildman–Crippen LogP) is 4.25. The summed E-state index contributed by atoms with van der Waals surface area (Å²) in [5, 5.41) is 13.9. The molecule has 0 spiro atoms. The highest BCUT2D eigenvalue weighted by Gasteiger charge is 2.17. The molecule has 0 unspecified atom stereocenters. The third-order valence-electron chi connectivity index (χ3n) is 3.13. The number of nitro benzene ring substituents is 1. The van der Waals surface area contributed by atoms with Crippen molar-refractivity contribution in [1.82, 2.24) is 0 Å². The van der Waals surface area contributed by atoms with Crippen molar-refractivity contribution in [3.63, 3.8) is 0 Å². The molecule has 2 rings (SSSR count). The lowest BCUT2D eigenvalue weighted by molar-refractivity contribution is -0.384. The van der Waals surface area contributed by atoms with Crippen LogP contribution in [0, 0.1) is 19.5 Å². The normalized spacial score (nSPS) is 14.3. The number of rotatable bonds is 5. The number of nitro groups is 1. The molecule has 4 nitrogen and oxygen atoms in total. The SMILES string of the molecule is O=[N+]([O-])c1cc(I)c(F)cc1NCCC1=CCCC1. The molecule has 0 atom stereocenters. The summed E-state index contributed by atoms with van der Waals surface area (Å²) >= 11 is 1.75. The fourth-order valence-electron chi connectivity index (χ4n) is 2.15. The molecule has 0 heterocycles. The van der Waals surface area contributed by atoms with Gasteiger partial charge in [0.2, 0.25) is 0 Å². The van der Waals surface area contributed by atoms with Crippen LogP contribution < -0.4 is 5.32 Å². The van der Waals surface area contributed by atoms with E-state index in [1.807, 2.05) is 0 Å². The van der Waals surface area contributed by atoms with Crippen LogP contribution in [0.1, 0.15) is 25.7 Å². The van der Waals surface area contributed by atoms with Gasteiger partial charge in [0.1, 0.15) is 11.5 Å².